The molecule has 0 fully saturated rings. The minimum Gasteiger partial charge on any atom is -0.503 e. The molecule has 0 heterocycles. The highest BCUT2D eigenvalue weighted by Gasteiger charge is 2.10. The number of halogens is 4. The van der Waals surface area contributed by atoms with Crippen LogP contribution in [-0.2, 0) is 6.54 Å². The zero-order valence-corrected chi connectivity index (χ0v) is 10.3. The lowest BCUT2D eigenvalue weighted by atomic mass is 10.2. The first-order valence-corrected chi connectivity index (χ1v) is 5.71. The summed E-state index contributed by atoms with van der Waals surface area (Å²) in [5, 5.41) is 11.6. The van der Waals surface area contributed by atoms with Crippen LogP contribution in [0.1, 0.15) is 5.56 Å². The third-order valence-corrected chi connectivity index (χ3v) is 2.80. The summed E-state index contributed by atoms with van der Waals surface area (Å²) in [4.78, 5) is 0. The van der Waals surface area contributed by atoms with E-state index in [1.807, 2.05) is 0 Å². The average molecular weight is 288 g/mol. The van der Waals surface area contributed by atoms with Gasteiger partial charge in [0.1, 0.15) is 0 Å². The number of hydrogen-bond donors (Lipinski definition) is 2. The van der Waals surface area contributed by atoms with Gasteiger partial charge in [-0.2, -0.15) is 0 Å². The van der Waals surface area contributed by atoms with E-state index in [2.05, 4.69) is 5.32 Å². The van der Waals surface area contributed by atoms with Gasteiger partial charge in [0, 0.05) is 6.54 Å². The van der Waals surface area contributed by atoms with Gasteiger partial charge in [0.25, 0.3) is 0 Å². The fourth-order valence-electron chi connectivity index (χ4n) is 1.56. The molecule has 0 spiro atoms. The molecule has 2 rings (SSSR count). The van der Waals surface area contributed by atoms with Crippen molar-refractivity contribution in [1.29, 1.82) is 0 Å². The number of phenols is 1. The molecule has 19 heavy (non-hydrogen) atoms. The molecule has 0 bridgehead atoms. The van der Waals surface area contributed by atoms with Gasteiger partial charge in [-0.05, 0) is 29.8 Å². The second kappa shape index (κ2) is 5.40. The van der Waals surface area contributed by atoms with Gasteiger partial charge < -0.3 is 10.4 Å². The van der Waals surface area contributed by atoms with Crippen LogP contribution in [0.3, 0.4) is 0 Å². The Morgan fingerprint density at radius 3 is 2.37 bits per heavy atom. The second-order valence-corrected chi connectivity index (χ2v) is 4.27. The molecule has 0 aliphatic heterocycles. The van der Waals surface area contributed by atoms with Crippen molar-refractivity contribution in [3.05, 3.63) is 58.4 Å². The van der Waals surface area contributed by atoms with Crippen LogP contribution in [0, 0.1) is 17.5 Å². The molecular formula is C13H9ClF3NO. The Kier molecular flexibility index (Phi) is 3.85. The minimum absolute atomic E-state index is 0.00855. The Hall–Kier alpha value is -1.88. The van der Waals surface area contributed by atoms with E-state index >= 15 is 0 Å². The lowest BCUT2D eigenvalue weighted by molar-refractivity contribution is 0.395. The van der Waals surface area contributed by atoms with E-state index in [0.717, 1.165) is 12.1 Å². The second-order valence-electron chi connectivity index (χ2n) is 3.86. The normalized spacial score (nSPS) is 10.5. The quantitative estimate of drug-likeness (QED) is 0.892. The Morgan fingerprint density at radius 2 is 1.74 bits per heavy atom. The standard InChI is InChI=1S/C13H9ClF3NO/c14-8-2-1-3-11(12(8)17)18-6-7-4-9(15)13(19)10(16)5-7/h1-5,18-19H,6H2. The van der Waals surface area contributed by atoms with E-state index in [1.54, 1.807) is 6.07 Å². The van der Waals surface area contributed by atoms with Crippen LogP contribution >= 0.6 is 11.6 Å². The fraction of sp³-hybridized carbons (Fsp3) is 0.0769. The molecule has 2 N–H and O–H groups in total. The van der Waals surface area contributed by atoms with E-state index in [-0.39, 0.29) is 22.8 Å². The number of benzene rings is 2. The molecule has 2 aromatic carbocycles. The largest absolute Gasteiger partial charge is 0.503 e. The topological polar surface area (TPSA) is 32.3 Å². The van der Waals surface area contributed by atoms with Gasteiger partial charge in [0.2, 0.25) is 0 Å². The predicted molar refractivity (Wildman–Crippen MR) is 66.8 cm³/mol. The summed E-state index contributed by atoms with van der Waals surface area (Å²) in [5.74, 6) is -3.80. The number of hydrogen-bond acceptors (Lipinski definition) is 2. The molecule has 0 atom stereocenters. The van der Waals surface area contributed by atoms with Crippen LogP contribution in [-0.4, -0.2) is 5.11 Å². The van der Waals surface area contributed by atoms with Crippen molar-refractivity contribution in [1.82, 2.24) is 0 Å². The molecule has 0 aromatic heterocycles. The molecule has 0 aliphatic carbocycles. The van der Waals surface area contributed by atoms with Crippen molar-refractivity contribution < 1.29 is 18.3 Å². The summed E-state index contributed by atoms with van der Waals surface area (Å²) < 4.78 is 39.7. The molecule has 0 unspecified atom stereocenters. The van der Waals surface area contributed by atoms with Crippen molar-refractivity contribution in [2.45, 2.75) is 6.54 Å². The molecule has 2 nitrogen and oxygen atoms in total. The fourth-order valence-corrected chi connectivity index (χ4v) is 1.73. The summed E-state index contributed by atoms with van der Waals surface area (Å²) in [6.45, 7) is -0.00855. The van der Waals surface area contributed by atoms with Gasteiger partial charge in [0.15, 0.2) is 23.2 Å². The maximum absolute atomic E-state index is 13.5. The van der Waals surface area contributed by atoms with Crippen LogP contribution in [0.2, 0.25) is 5.02 Å². The Balaban J connectivity index is 2.17. The van der Waals surface area contributed by atoms with E-state index in [1.165, 1.54) is 12.1 Å². The molecular weight excluding hydrogens is 279 g/mol. The van der Waals surface area contributed by atoms with Crippen LogP contribution < -0.4 is 5.32 Å². The van der Waals surface area contributed by atoms with Gasteiger partial charge in [-0.3, -0.25) is 0 Å². The summed E-state index contributed by atoms with van der Waals surface area (Å²) in [5.41, 5.74) is 0.355. The third kappa shape index (κ3) is 2.93. The van der Waals surface area contributed by atoms with Crippen molar-refractivity contribution in [3.63, 3.8) is 0 Å². The highest BCUT2D eigenvalue weighted by molar-refractivity contribution is 6.31. The first-order valence-electron chi connectivity index (χ1n) is 5.34. The van der Waals surface area contributed by atoms with Gasteiger partial charge in [-0.15, -0.1) is 0 Å². The number of rotatable bonds is 3. The Bertz CT molecular complexity index is 596. The van der Waals surface area contributed by atoms with Gasteiger partial charge >= 0.3 is 0 Å². The molecule has 0 saturated carbocycles. The predicted octanol–water partition coefficient (Wildman–Crippen LogP) is 4.08. The SMILES string of the molecule is Oc1c(F)cc(CNc2cccc(Cl)c2F)cc1F. The molecule has 0 saturated heterocycles. The first kappa shape index (κ1) is 13.5. The molecule has 0 amide bonds. The van der Waals surface area contributed by atoms with Crippen molar-refractivity contribution in [3.8, 4) is 5.75 Å². The number of nitrogens with one attached hydrogen (secondary N) is 1. The zero-order chi connectivity index (χ0) is 14.0. The van der Waals surface area contributed by atoms with Crippen LogP contribution in [0.15, 0.2) is 30.3 Å². The van der Waals surface area contributed by atoms with E-state index in [0.29, 0.717) is 0 Å². The minimum atomic E-state index is -1.07. The van der Waals surface area contributed by atoms with Crippen molar-refractivity contribution in [2.24, 2.45) is 0 Å². The lowest BCUT2D eigenvalue weighted by Gasteiger charge is -2.09. The summed E-state index contributed by atoms with van der Waals surface area (Å²) in [6, 6.07) is 6.32. The maximum Gasteiger partial charge on any atom is 0.187 e. The molecule has 2 aromatic rings. The van der Waals surface area contributed by atoms with Gasteiger partial charge in [-0.25, -0.2) is 13.2 Å². The summed E-state index contributed by atoms with van der Waals surface area (Å²) in [7, 11) is 0. The Labute approximate surface area is 112 Å². The summed E-state index contributed by atoms with van der Waals surface area (Å²) >= 11 is 5.60. The molecule has 0 radical (unpaired) electrons. The zero-order valence-electron chi connectivity index (χ0n) is 9.55. The monoisotopic (exact) mass is 287 g/mol. The van der Waals surface area contributed by atoms with Crippen LogP contribution in [0.4, 0.5) is 18.9 Å². The third-order valence-electron chi connectivity index (χ3n) is 2.51. The highest BCUT2D eigenvalue weighted by atomic mass is 35.5. The molecule has 6 heteroatoms. The van der Waals surface area contributed by atoms with E-state index in [9.17, 15) is 13.2 Å². The summed E-state index contributed by atoms with van der Waals surface area (Å²) in [6.07, 6.45) is 0. The average Bonchev–Trinajstić information content (AvgIpc) is 2.37. The Morgan fingerprint density at radius 1 is 1.11 bits per heavy atom. The van der Waals surface area contributed by atoms with Crippen LogP contribution in [0.25, 0.3) is 0 Å². The van der Waals surface area contributed by atoms with Gasteiger partial charge in [-0.1, -0.05) is 17.7 Å². The number of phenolic OH excluding ortho intramolecular Hbond substituents is 1. The molecule has 0 aliphatic rings. The number of aromatic hydroxyl groups is 1. The van der Waals surface area contributed by atoms with Crippen LogP contribution in [0.5, 0.6) is 5.75 Å². The smallest absolute Gasteiger partial charge is 0.187 e. The first-order chi connectivity index (χ1) is 8.99. The van der Waals surface area contributed by atoms with E-state index in [4.69, 9.17) is 16.7 Å². The van der Waals surface area contributed by atoms with E-state index < -0.39 is 23.2 Å². The lowest BCUT2D eigenvalue weighted by Crippen LogP contribution is -2.02. The number of anilines is 1. The van der Waals surface area contributed by atoms with Gasteiger partial charge in [0.05, 0.1) is 10.7 Å². The van der Waals surface area contributed by atoms with Crippen molar-refractivity contribution in [2.75, 3.05) is 5.32 Å². The van der Waals surface area contributed by atoms with Crippen molar-refractivity contribution >= 4 is 17.3 Å². The maximum atomic E-state index is 13.5. The molecule has 100 valence electrons. The highest BCUT2D eigenvalue weighted by Crippen LogP contribution is 2.24.